The third-order valence-corrected chi connectivity index (χ3v) is 3.13. The van der Waals surface area contributed by atoms with Gasteiger partial charge in [-0.25, -0.2) is 4.39 Å². The molecule has 2 rings (SSSR count). The molecule has 1 fully saturated rings. The van der Waals surface area contributed by atoms with Crippen LogP contribution in [0.5, 0.6) is 0 Å². The lowest BCUT2D eigenvalue weighted by atomic mass is 10.1. The number of benzene rings is 1. The molecule has 1 atom stereocenters. The van der Waals surface area contributed by atoms with Gasteiger partial charge in [0, 0.05) is 31.4 Å². The van der Waals surface area contributed by atoms with E-state index in [4.69, 9.17) is 0 Å². The molecule has 0 spiro atoms. The zero-order valence-corrected chi connectivity index (χ0v) is 9.77. The Labute approximate surface area is 104 Å². The minimum Gasteiger partial charge on any atom is -0.550 e. The SMILES string of the molecule is O=C([O-])[C@@H]1CC(=O)N(CCc2ccc(F)cc2)C1. The highest BCUT2D eigenvalue weighted by Crippen LogP contribution is 2.17. The van der Waals surface area contributed by atoms with Gasteiger partial charge in [0.1, 0.15) is 5.82 Å². The van der Waals surface area contributed by atoms with E-state index in [-0.39, 0.29) is 24.7 Å². The number of carbonyl (C=O) groups excluding carboxylic acids is 2. The van der Waals surface area contributed by atoms with Crippen LogP contribution in [0, 0.1) is 11.7 Å². The van der Waals surface area contributed by atoms with Crippen molar-refractivity contribution in [2.24, 2.45) is 5.92 Å². The van der Waals surface area contributed by atoms with Crippen LogP contribution in [0.15, 0.2) is 24.3 Å². The molecule has 0 saturated carbocycles. The number of aliphatic carboxylic acids is 1. The molecule has 0 N–H and O–H groups in total. The third-order valence-electron chi connectivity index (χ3n) is 3.13. The maximum absolute atomic E-state index is 12.7. The van der Waals surface area contributed by atoms with Gasteiger partial charge in [0.2, 0.25) is 5.91 Å². The molecule has 96 valence electrons. The fourth-order valence-electron chi connectivity index (χ4n) is 2.06. The number of likely N-dealkylation sites (tertiary alicyclic amines) is 1. The normalized spacial score (nSPS) is 19.3. The van der Waals surface area contributed by atoms with E-state index in [2.05, 4.69) is 0 Å². The minimum absolute atomic E-state index is 0.0196. The van der Waals surface area contributed by atoms with Gasteiger partial charge < -0.3 is 14.8 Å². The van der Waals surface area contributed by atoms with Crippen LogP contribution in [0.3, 0.4) is 0 Å². The van der Waals surface area contributed by atoms with Crippen molar-refractivity contribution in [2.75, 3.05) is 13.1 Å². The van der Waals surface area contributed by atoms with Crippen LogP contribution in [0.25, 0.3) is 0 Å². The van der Waals surface area contributed by atoms with Crippen molar-refractivity contribution in [3.8, 4) is 0 Å². The Bertz CT molecular complexity index is 458. The van der Waals surface area contributed by atoms with Gasteiger partial charge in [-0.2, -0.15) is 0 Å². The average Bonchev–Trinajstić information content (AvgIpc) is 2.70. The number of nitrogens with zero attached hydrogens (tertiary/aromatic N) is 1. The molecule has 5 heteroatoms. The number of carbonyl (C=O) groups is 2. The summed E-state index contributed by atoms with van der Waals surface area (Å²) >= 11 is 0. The van der Waals surface area contributed by atoms with Gasteiger partial charge in [-0.1, -0.05) is 12.1 Å². The Balaban J connectivity index is 1.89. The van der Waals surface area contributed by atoms with Gasteiger partial charge in [-0.3, -0.25) is 4.79 Å². The van der Waals surface area contributed by atoms with Crippen molar-refractivity contribution in [3.63, 3.8) is 0 Å². The van der Waals surface area contributed by atoms with E-state index in [1.807, 2.05) is 0 Å². The van der Waals surface area contributed by atoms with E-state index in [1.165, 1.54) is 17.0 Å². The first-order valence-electron chi connectivity index (χ1n) is 5.79. The molecule has 1 aliphatic heterocycles. The van der Waals surface area contributed by atoms with Gasteiger partial charge >= 0.3 is 0 Å². The molecular formula is C13H13FNO3-. The largest absolute Gasteiger partial charge is 0.550 e. The van der Waals surface area contributed by atoms with Crippen LogP contribution in [0.2, 0.25) is 0 Å². The highest BCUT2D eigenvalue weighted by atomic mass is 19.1. The standard InChI is InChI=1S/C13H14FNO3/c14-11-3-1-9(2-4-11)5-6-15-8-10(13(17)18)7-12(15)16/h1-4,10H,5-8H2,(H,17,18)/p-1/t10-/m1/s1. The topological polar surface area (TPSA) is 60.4 Å². The zero-order chi connectivity index (χ0) is 13.1. The molecule has 0 bridgehead atoms. The second-order valence-corrected chi connectivity index (χ2v) is 4.44. The summed E-state index contributed by atoms with van der Waals surface area (Å²) in [6, 6.07) is 6.05. The van der Waals surface area contributed by atoms with E-state index in [0.717, 1.165) is 5.56 Å². The first-order valence-corrected chi connectivity index (χ1v) is 5.79. The van der Waals surface area contributed by atoms with Gasteiger partial charge in [-0.05, 0) is 24.1 Å². The van der Waals surface area contributed by atoms with Crippen molar-refractivity contribution in [1.82, 2.24) is 4.90 Å². The molecule has 4 nitrogen and oxygen atoms in total. The van der Waals surface area contributed by atoms with Gasteiger partial charge in [0.25, 0.3) is 0 Å². The molecule has 1 aromatic rings. The Hall–Kier alpha value is -1.91. The molecule has 0 radical (unpaired) electrons. The number of carboxylic acid groups (broad SMARTS) is 1. The Morgan fingerprint density at radius 1 is 1.39 bits per heavy atom. The Morgan fingerprint density at radius 3 is 2.61 bits per heavy atom. The van der Waals surface area contributed by atoms with Crippen molar-refractivity contribution in [2.45, 2.75) is 12.8 Å². The molecule has 0 unspecified atom stereocenters. The lowest BCUT2D eigenvalue weighted by Crippen LogP contribution is -2.34. The summed E-state index contributed by atoms with van der Waals surface area (Å²) in [7, 11) is 0. The lowest BCUT2D eigenvalue weighted by molar-refractivity contribution is -0.311. The summed E-state index contributed by atoms with van der Waals surface area (Å²) in [5.74, 6) is -2.34. The second kappa shape index (κ2) is 5.16. The first-order chi connectivity index (χ1) is 8.56. The number of carboxylic acids is 1. The molecule has 0 aliphatic carbocycles. The predicted molar refractivity (Wildman–Crippen MR) is 59.8 cm³/mol. The molecule has 1 heterocycles. The van der Waals surface area contributed by atoms with Crippen molar-refractivity contribution in [3.05, 3.63) is 35.6 Å². The van der Waals surface area contributed by atoms with Crippen LogP contribution >= 0.6 is 0 Å². The van der Waals surface area contributed by atoms with Crippen LogP contribution in [-0.4, -0.2) is 29.9 Å². The molecule has 1 aromatic carbocycles. The minimum atomic E-state index is -1.17. The summed E-state index contributed by atoms with van der Waals surface area (Å²) in [5.41, 5.74) is 0.918. The summed E-state index contributed by atoms with van der Waals surface area (Å²) in [6.07, 6.45) is 0.609. The quantitative estimate of drug-likeness (QED) is 0.753. The average molecular weight is 250 g/mol. The molecular weight excluding hydrogens is 237 g/mol. The maximum Gasteiger partial charge on any atom is 0.223 e. The third kappa shape index (κ3) is 2.85. The highest BCUT2D eigenvalue weighted by Gasteiger charge is 2.29. The smallest absolute Gasteiger partial charge is 0.223 e. The number of hydrogen-bond acceptors (Lipinski definition) is 3. The Morgan fingerprint density at radius 2 is 2.06 bits per heavy atom. The zero-order valence-electron chi connectivity index (χ0n) is 9.77. The van der Waals surface area contributed by atoms with Crippen molar-refractivity contribution < 1.29 is 19.1 Å². The fraction of sp³-hybridized carbons (Fsp3) is 0.385. The summed E-state index contributed by atoms with van der Waals surface area (Å²) in [6.45, 7) is 0.663. The van der Waals surface area contributed by atoms with E-state index < -0.39 is 11.9 Å². The molecule has 1 saturated heterocycles. The monoisotopic (exact) mass is 250 g/mol. The highest BCUT2D eigenvalue weighted by molar-refractivity contribution is 5.85. The lowest BCUT2D eigenvalue weighted by Gasteiger charge is -2.16. The van der Waals surface area contributed by atoms with E-state index in [9.17, 15) is 19.1 Å². The predicted octanol–water partition coefficient (Wildman–Crippen LogP) is -0.0334. The van der Waals surface area contributed by atoms with Crippen LogP contribution in [0.4, 0.5) is 4.39 Å². The van der Waals surface area contributed by atoms with Crippen LogP contribution in [0.1, 0.15) is 12.0 Å². The van der Waals surface area contributed by atoms with E-state index in [1.54, 1.807) is 12.1 Å². The number of halogens is 1. The molecule has 1 amide bonds. The fourth-order valence-corrected chi connectivity index (χ4v) is 2.06. The van der Waals surface area contributed by atoms with Crippen LogP contribution in [-0.2, 0) is 16.0 Å². The van der Waals surface area contributed by atoms with Crippen molar-refractivity contribution >= 4 is 11.9 Å². The summed E-state index contributed by atoms with van der Waals surface area (Å²) in [5, 5.41) is 10.7. The molecule has 18 heavy (non-hydrogen) atoms. The Kier molecular flexibility index (Phi) is 3.60. The number of amides is 1. The number of hydrogen-bond donors (Lipinski definition) is 0. The molecule has 0 aromatic heterocycles. The summed E-state index contributed by atoms with van der Waals surface area (Å²) < 4.78 is 12.7. The first kappa shape index (κ1) is 12.5. The van der Waals surface area contributed by atoms with Gasteiger partial charge in [0.05, 0.1) is 0 Å². The van der Waals surface area contributed by atoms with E-state index >= 15 is 0 Å². The van der Waals surface area contributed by atoms with Crippen molar-refractivity contribution in [1.29, 1.82) is 0 Å². The second-order valence-electron chi connectivity index (χ2n) is 4.44. The number of rotatable bonds is 4. The molecule has 1 aliphatic rings. The maximum atomic E-state index is 12.7. The van der Waals surface area contributed by atoms with Gasteiger partial charge in [0.15, 0.2) is 0 Å². The van der Waals surface area contributed by atoms with Gasteiger partial charge in [-0.15, -0.1) is 0 Å². The van der Waals surface area contributed by atoms with Crippen LogP contribution < -0.4 is 5.11 Å². The summed E-state index contributed by atoms with van der Waals surface area (Å²) in [4.78, 5) is 23.7. The van der Waals surface area contributed by atoms with E-state index in [0.29, 0.717) is 13.0 Å².